The van der Waals surface area contributed by atoms with Crippen LogP contribution >= 0.6 is 0 Å². The molecule has 7 nitrogen and oxygen atoms in total. The van der Waals surface area contributed by atoms with E-state index in [9.17, 15) is 16.8 Å². The van der Waals surface area contributed by atoms with Crippen LogP contribution in [0.25, 0.3) is 0 Å². The monoisotopic (exact) mass is 284 g/mol. The van der Waals surface area contributed by atoms with Crippen LogP contribution in [0.3, 0.4) is 0 Å². The van der Waals surface area contributed by atoms with Crippen molar-refractivity contribution in [3.63, 3.8) is 0 Å². The molecular weight excluding hydrogens is 282 g/mol. The average Bonchev–Trinajstić information content (AvgIpc) is 1.14. The summed E-state index contributed by atoms with van der Waals surface area (Å²) < 4.78 is 54.1. The van der Waals surface area contributed by atoms with E-state index in [-0.39, 0.29) is 22.4 Å². The maximum atomic E-state index is 9.55. The Kier molecular flexibility index (Phi) is 4.97. The summed E-state index contributed by atoms with van der Waals surface area (Å²) in [6.07, 6.45) is 0. The van der Waals surface area contributed by atoms with Crippen molar-refractivity contribution in [2.45, 2.75) is 0 Å². The van der Waals surface area contributed by atoms with Crippen molar-refractivity contribution < 1.29 is 48.3 Å². The maximum absolute atomic E-state index is 9.55. The van der Waals surface area contributed by atoms with Crippen molar-refractivity contribution in [2.75, 3.05) is 0 Å². The summed E-state index contributed by atoms with van der Waals surface area (Å²) in [5.41, 5.74) is 0. The molecule has 0 atom stereocenters. The number of nitrogens with one attached hydrogen (secondary N) is 1. The average molecular weight is 285 g/mol. The molecule has 0 spiro atoms. The molecule has 10 heteroatoms. The van der Waals surface area contributed by atoms with Gasteiger partial charge in [-0.05, 0) is 0 Å². The van der Waals surface area contributed by atoms with Gasteiger partial charge in [-0.2, -0.15) is 16.8 Å². The third-order valence-corrected chi connectivity index (χ3v) is 1.90. The second-order valence-electron chi connectivity index (χ2n) is 1.03. The molecule has 0 fully saturated rings. The van der Waals surface area contributed by atoms with Crippen LogP contribution in [0, 0.1) is 0 Å². The minimum Gasteiger partial charge on any atom is -0.273 e. The Morgan fingerprint density at radius 3 is 1.10 bits per heavy atom. The van der Waals surface area contributed by atoms with Crippen LogP contribution in [0.5, 0.6) is 0 Å². The van der Waals surface area contributed by atoms with Gasteiger partial charge in [0.1, 0.15) is 0 Å². The van der Waals surface area contributed by atoms with Gasteiger partial charge in [0.25, 0.3) is 0 Å². The summed E-state index contributed by atoms with van der Waals surface area (Å²) in [6.45, 7) is 0. The molecule has 3 N–H and O–H groups in total. The third kappa shape index (κ3) is 11.3. The van der Waals surface area contributed by atoms with Gasteiger partial charge in [-0.1, -0.05) is 4.13 Å². The Hall–Kier alpha value is 0.520. The normalized spacial score (nSPS) is 12.2. The van der Waals surface area contributed by atoms with Crippen LogP contribution < -0.4 is 4.13 Å². The van der Waals surface area contributed by atoms with E-state index >= 15 is 0 Å². The van der Waals surface area contributed by atoms with E-state index in [0.717, 1.165) is 0 Å². The van der Waals surface area contributed by atoms with Gasteiger partial charge in [0.15, 0.2) is 0 Å². The molecule has 0 amide bonds. The maximum Gasteiger partial charge on any atom is 0.348 e. The van der Waals surface area contributed by atoms with Gasteiger partial charge in [-0.15, -0.1) is 0 Å². The second-order valence-corrected chi connectivity index (χ2v) is 3.60. The van der Waals surface area contributed by atoms with Crippen LogP contribution in [0.2, 0.25) is 0 Å². The first-order chi connectivity index (χ1) is 3.71. The molecule has 0 aromatic heterocycles. The largest absolute Gasteiger partial charge is 0.348 e. The molecule has 0 aromatic rings. The second kappa shape index (κ2) is 3.78. The fourth-order valence-electron chi connectivity index (χ4n) is 0.133. The van der Waals surface area contributed by atoms with Crippen molar-refractivity contribution >= 4 is 20.6 Å². The molecule has 67 valence electrons. The quantitative estimate of drug-likeness (QED) is 0.406. The fourth-order valence-corrected chi connectivity index (χ4v) is 1.20. The number of hydrogen-bond donors (Lipinski definition) is 3. The Labute approximate surface area is 73.1 Å². The van der Waals surface area contributed by atoms with Gasteiger partial charge < -0.3 is 0 Å². The van der Waals surface area contributed by atoms with Crippen LogP contribution in [0.1, 0.15) is 0 Å². The molecule has 0 aromatic carbocycles. The first kappa shape index (κ1) is 13.1. The molecule has 10 heavy (non-hydrogen) atoms. The van der Waals surface area contributed by atoms with E-state index in [1.807, 2.05) is 0 Å². The molecular formula is H3AgNO6S2. The van der Waals surface area contributed by atoms with Crippen LogP contribution in [-0.4, -0.2) is 25.9 Å². The minimum absolute atomic E-state index is 0. The van der Waals surface area contributed by atoms with E-state index in [2.05, 4.69) is 0 Å². The summed E-state index contributed by atoms with van der Waals surface area (Å²) in [4.78, 5) is 0. The van der Waals surface area contributed by atoms with Crippen molar-refractivity contribution in [1.82, 2.24) is 4.13 Å². The van der Waals surface area contributed by atoms with Gasteiger partial charge in [-0.25, -0.2) is 0 Å². The summed E-state index contributed by atoms with van der Waals surface area (Å²) >= 11 is 0. The first-order valence-electron chi connectivity index (χ1n) is 1.44. The van der Waals surface area contributed by atoms with Crippen LogP contribution in [-0.2, 0) is 43.0 Å². The van der Waals surface area contributed by atoms with Gasteiger partial charge in [0.05, 0.1) is 0 Å². The summed E-state index contributed by atoms with van der Waals surface area (Å²) in [5, 5.41) is 0. The summed E-state index contributed by atoms with van der Waals surface area (Å²) in [7, 11) is -9.74. The summed E-state index contributed by atoms with van der Waals surface area (Å²) in [5.74, 6) is 0. The standard InChI is InChI=1S/Ag.H3NO6S2/c;2-8(3,4)1-9(5,6)7/h;1H,(H,2,3,4)(H,5,6,7). The Balaban J connectivity index is 0. The summed E-state index contributed by atoms with van der Waals surface area (Å²) in [6, 6.07) is 0. The predicted octanol–water partition coefficient (Wildman–Crippen LogP) is -1.82. The number of hydrogen-bond acceptors (Lipinski definition) is 4. The van der Waals surface area contributed by atoms with Crippen molar-refractivity contribution in [3.05, 3.63) is 0 Å². The molecule has 0 aliphatic carbocycles. The molecule has 0 unspecified atom stereocenters. The Morgan fingerprint density at radius 2 is 1.10 bits per heavy atom. The molecule has 0 aliphatic rings. The van der Waals surface area contributed by atoms with Gasteiger partial charge in [0, 0.05) is 22.4 Å². The Morgan fingerprint density at radius 1 is 0.900 bits per heavy atom. The molecule has 0 saturated heterocycles. The van der Waals surface area contributed by atoms with E-state index in [4.69, 9.17) is 9.11 Å². The third-order valence-electron chi connectivity index (χ3n) is 0.211. The van der Waals surface area contributed by atoms with Crippen molar-refractivity contribution in [1.29, 1.82) is 0 Å². The zero-order valence-electron chi connectivity index (χ0n) is 4.15. The molecule has 0 bridgehead atoms. The van der Waals surface area contributed by atoms with Crippen molar-refractivity contribution in [3.8, 4) is 0 Å². The zero-order chi connectivity index (χ0) is 7.71. The molecule has 0 saturated carbocycles. The fraction of sp³-hybridized carbons (Fsp3) is 0. The van der Waals surface area contributed by atoms with E-state index in [1.54, 1.807) is 0 Å². The molecule has 1 radical (unpaired) electrons. The predicted molar refractivity (Wildman–Crippen MR) is 26.2 cm³/mol. The van der Waals surface area contributed by atoms with Gasteiger partial charge in [-0.3, -0.25) is 9.11 Å². The zero-order valence-corrected chi connectivity index (χ0v) is 7.26. The smallest absolute Gasteiger partial charge is 0.273 e. The van der Waals surface area contributed by atoms with E-state index in [1.165, 1.54) is 0 Å². The van der Waals surface area contributed by atoms with Gasteiger partial charge >= 0.3 is 20.6 Å². The van der Waals surface area contributed by atoms with Crippen molar-refractivity contribution in [2.24, 2.45) is 0 Å². The topological polar surface area (TPSA) is 121 Å². The van der Waals surface area contributed by atoms with E-state index < -0.39 is 20.6 Å². The first-order valence-corrected chi connectivity index (χ1v) is 4.32. The molecule has 0 rings (SSSR count). The van der Waals surface area contributed by atoms with E-state index in [0.29, 0.717) is 4.13 Å². The SMILES string of the molecule is O=S(=O)(O)NS(=O)(=O)O.[Ag]. The van der Waals surface area contributed by atoms with Gasteiger partial charge in [0.2, 0.25) is 0 Å². The molecule has 0 heterocycles. The van der Waals surface area contributed by atoms with Crippen LogP contribution in [0.4, 0.5) is 0 Å². The Bertz CT molecular complexity index is 241. The molecule has 0 aliphatic heterocycles. The number of rotatable bonds is 2. The van der Waals surface area contributed by atoms with Crippen LogP contribution in [0.15, 0.2) is 0 Å². The minimum atomic E-state index is -4.87.